The van der Waals surface area contributed by atoms with Crippen LogP contribution >= 0.6 is 0 Å². The molecule has 0 aromatic carbocycles. The zero-order chi connectivity index (χ0) is 14.1. The Labute approximate surface area is 111 Å². The topological polar surface area (TPSA) is 52.3 Å². The van der Waals surface area contributed by atoms with Crippen molar-refractivity contribution in [1.82, 2.24) is 0 Å². The van der Waals surface area contributed by atoms with Gasteiger partial charge in [0.05, 0.1) is 5.41 Å². The molecule has 1 aliphatic carbocycles. The molecular weight excluding hydrogens is 226 g/mol. The van der Waals surface area contributed by atoms with E-state index in [9.17, 15) is 4.79 Å². The molecule has 3 nitrogen and oxygen atoms in total. The van der Waals surface area contributed by atoms with Crippen molar-refractivity contribution in [2.75, 3.05) is 0 Å². The van der Waals surface area contributed by atoms with Crippen LogP contribution in [0.1, 0.15) is 60.8 Å². The fourth-order valence-corrected chi connectivity index (χ4v) is 2.17. The molecule has 0 radical (unpaired) electrons. The van der Waals surface area contributed by atoms with E-state index < -0.39 is 11.0 Å². The first-order valence-electron chi connectivity index (χ1n) is 7.05. The highest BCUT2D eigenvalue weighted by molar-refractivity contribution is 5.77. The van der Waals surface area contributed by atoms with Gasteiger partial charge in [-0.1, -0.05) is 13.8 Å². The highest BCUT2D eigenvalue weighted by Gasteiger charge is 2.43. The number of nitrogens with two attached hydrogens (primary N) is 1. The summed E-state index contributed by atoms with van der Waals surface area (Å²) in [5.74, 6) is 1.20. The summed E-state index contributed by atoms with van der Waals surface area (Å²) in [7, 11) is 0. The SMILES string of the molecule is CC1CCC(OC(=O)C(C)(C)C(C)(C)N)CC1C. The van der Waals surface area contributed by atoms with Crippen molar-refractivity contribution in [3.05, 3.63) is 0 Å². The Morgan fingerprint density at radius 1 is 1.11 bits per heavy atom. The Bertz CT molecular complexity index is 304. The number of esters is 1. The third-order valence-electron chi connectivity index (χ3n) is 4.94. The van der Waals surface area contributed by atoms with Crippen LogP contribution in [0.4, 0.5) is 0 Å². The fraction of sp³-hybridized carbons (Fsp3) is 0.933. The molecule has 0 aromatic rings. The third kappa shape index (κ3) is 3.25. The van der Waals surface area contributed by atoms with Crippen LogP contribution in [0.25, 0.3) is 0 Å². The Hall–Kier alpha value is -0.570. The van der Waals surface area contributed by atoms with Crippen molar-refractivity contribution in [1.29, 1.82) is 0 Å². The second-order valence-corrected chi connectivity index (χ2v) is 7.14. The molecule has 3 unspecified atom stereocenters. The van der Waals surface area contributed by atoms with E-state index in [2.05, 4.69) is 13.8 Å². The van der Waals surface area contributed by atoms with Gasteiger partial charge in [0.1, 0.15) is 6.10 Å². The monoisotopic (exact) mass is 255 g/mol. The summed E-state index contributed by atoms with van der Waals surface area (Å²) < 4.78 is 5.68. The Kier molecular flexibility index (Phi) is 4.47. The first-order chi connectivity index (χ1) is 8.05. The number of carbonyl (C=O) groups is 1. The molecule has 1 fully saturated rings. The lowest BCUT2D eigenvalue weighted by Gasteiger charge is -2.39. The maximum atomic E-state index is 12.3. The van der Waals surface area contributed by atoms with Crippen molar-refractivity contribution >= 4 is 5.97 Å². The molecule has 0 spiro atoms. The van der Waals surface area contributed by atoms with Gasteiger partial charge < -0.3 is 10.5 Å². The van der Waals surface area contributed by atoms with E-state index in [1.165, 1.54) is 0 Å². The highest BCUT2D eigenvalue weighted by Crippen LogP contribution is 2.34. The Morgan fingerprint density at radius 3 is 2.11 bits per heavy atom. The van der Waals surface area contributed by atoms with Crippen molar-refractivity contribution in [2.24, 2.45) is 23.0 Å². The van der Waals surface area contributed by atoms with Crippen LogP contribution in [0, 0.1) is 17.3 Å². The van der Waals surface area contributed by atoms with Gasteiger partial charge in [-0.3, -0.25) is 4.79 Å². The van der Waals surface area contributed by atoms with Gasteiger partial charge in [-0.05, 0) is 58.8 Å². The van der Waals surface area contributed by atoms with E-state index in [0.29, 0.717) is 5.92 Å². The second kappa shape index (κ2) is 5.20. The molecule has 0 aliphatic heterocycles. The maximum Gasteiger partial charge on any atom is 0.313 e. The molecule has 3 atom stereocenters. The molecule has 0 aromatic heterocycles. The summed E-state index contributed by atoms with van der Waals surface area (Å²) in [6.07, 6.45) is 3.18. The van der Waals surface area contributed by atoms with Gasteiger partial charge in [-0.15, -0.1) is 0 Å². The van der Waals surface area contributed by atoms with Gasteiger partial charge in [-0.2, -0.15) is 0 Å². The van der Waals surface area contributed by atoms with Crippen LogP contribution in [0.3, 0.4) is 0 Å². The van der Waals surface area contributed by atoms with Gasteiger partial charge in [0.25, 0.3) is 0 Å². The average Bonchev–Trinajstić information content (AvgIpc) is 2.21. The quantitative estimate of drug-likeness (QED) is 0.788. The standard InChI is InChI=1S/C15H29NO2/c1-10-7-8-12(9-11(10)2)18-13(17)14(3,4)15(5,6)16/h10-12H,7-9,16H2,1-6H3. The number of hydrogen-bond donors (Lipinski definition) is 1. The number of ether oxygens (including phenoxy) is 1. The summed E-state index contributed by atoms with van der Waals surface area (Å²) in [5.41, 5.74) is 4.84. The molecule has 1 aliphatic rings. The first kappa shape index (κ1) is 15.5. The maximum absolute atomic E-state index is 12.3. The van der Waals surface area contributed by atoms with E-state index in [0.717, 1.165) is 25.2 Å². The summed E-state index contributed by atoms with van der Waals surface area (Å²) >= 11 is 0. The second-order valence-electron chi connectivity index (χ2n) is 7.14. The van der Waals surface area contributed by atoms with Crippen molar-refractivity contribution in [3.8, 4) is 0 Å². The molecule has 2 N–H and O–H groups in total. The molecule has 1 saturated carbocycles. The van der Waals surface area contributed by atoms with E-state index in [-0.39, 0.29) is 12.1 Å². The highest BCUT2D eigenvalue weighted by atomic mass is 16.5. The minimum atomic E-state index is -0.653. The zero-order valence-electron chi connectivity index (χ0n) is 12.7. The molecule has 0 amide bonds. The summed E-state index contributed by atoms with van der Waals surface area (Å²) in [6.45, 7) is 12.0. The zero-order valence-corrected chi connectivity index (χ0v) is 12.7. The van der Waals surface area contributed by atoms with Gasteiger partial charge in [0.2, 0.25) is 0 Å². The minimum Gasteiger partial charge on any atom is -0.462 e. The van der Waals surface area contributed by atoms with Gasteiger partial charge in [-0.25, -0.2) is 0 Å². The Balaban J connectivity index is 2.61. The smallest absolute Gasteiger partial charge is 0.313 e. The van der Waals surface area contributed by atoms with Crippen LogP contribution in [-0.4, -0.2) is 17.6 Å². The lowest BCUT2D eigenvalue weighted by atomic mass is 9.75. The van der Waals surface area contributed by atoms with E-state index in [1.54, 1.807) is 0 Å². The molecule has 0 heterocycles. The molecule has 1 rings (SSSR count). The van der Waals surface area contributed by atoms with Crippen LogP contribution in [0.5, 0.6) is 0 Å². The van der Waals surface area contributed by atoms with Crippen LogP contribution in [0.15, 0.2) is 0 Å². The lowest BCUT2D eigenvalue weighted by Crippen LogP contribution is -2.53. The molecule has 0 bridgehead atoms. The minimum absolute atomic E-state index is 0.0744. The van der Waals surface area contributed by atoms with E-state index in [4.69, 9.17) is 10.5 Å². The predicted octanol–water partition coefficient (Wildman–Crippen LogP) is 3.12. The lowest BCUT2D eigenvalue weighted by molar-refractivity contribution is -0.165. The van der Waals surface area contributed by atoms with Crippen LogP contribution in [-0.2, 0) is 9.53 Å². The normalized spacial score (nSPS) is 30.1. The molecule has 18 heavy (non-hydrogen) atoms. The van der Waals surface area contributed by atoms with E-state index >= 15 is 0 Å². The number of hydrogen-bond acceptors (Lipinski definition) is 3. The average molecular weight is 255 g/mol. The fourth-order valence-electron chi connectivity index (χ4n) is 2.17. The first-order valence-corrected chi connectivity index (χ1v) is 7.05. The van der Waals surface area contributed by atoms with Crippen molar-refractivity contribution in [3.63, 3.8) is 0 Å². The summed E-state index contributed by atoms with van der Waals surface area (Å²) in [6, 6.07) is 0. The molecule has 0 saturated heterocycles. The third-order valence-corrected chi connectivity index (χ3v) is 4.94. The van der Waals surface area contributed by atoms with E-state index in [1.807, 2.05) is 27.7 Å². The van der Waals surface area contributed by atoms with Crippen molar-refractivity contribution in [2.45, 2.75) is 72.4 Å². The molecule has 3 heteroatoms. The van der Waals surface area contributed by atoms with Gasteiger partial charge >= 0.3 is 5.97 Å². The summed E-state index contributed by atoms with van der Waals surface area (Å²) in [4.78, 5) is 12.3. The predicted molar refractivity (Wildman–Crippen MR) is 74.1 cm³/mol. The number of rotatable bonds is 3. The number of carbonyl (C=O) groups excluding carboxylic acids is 1. The van der Waals surface area contributed by atoms with Crippen LogP contribution in [0.2, 0.25) is 0 Å². The van der Waals surface area contributed by atoms with Crippen LogP contribution < -0.4 is 5.73 Å². The summed E-state index contributed by atoms with van der Waals surface area (Å²) in [5, 5.41) is 0. The molecular formula is C15H29NO2. The molecule has 106 valence electrons. The Morgan fingerprint density at radius 2 is 1.67 bits per heavy atom. The van der Waals surface area contributed by atoms with Gasteiger partial charge in [0, 0.05) is 5.54 Å². The van der Waals surface area contributed by atoms with Gasteiger partial charge in [0.15, 0.2) is 0 Å². The van der Waals surface area contributed by atoms with Crippen molar-refractivity contribution < 1.29 is 9.53 Å². The largest absolute Gasteiger partial charge is 0.462 e.